The predicted molar refractivity (Wildman–Crippen MR) is 92.1 cm³/mol. The standard InChI is InChI=1S/C19H15FN4O2/c20-14-5-12-6-15(10-24-19(25)17-3-1-2-4-23-17)26-18(12)16(7-14)13-8-21-11-22-9-13/h1-5,7-9,11,15H,6,10H2,(H,24,25). The molecule has 1 amide bonds. The number of carbonyl (C=O) groups excluding carboxylic acids is 1. The molecular weight excluding hydrogens is 335 g/mol. The van der Waals surface area contributed by atoms with Gasteiger partial charge in [-0.2, -0.15) is 0 Å². The highest BCUT2D eigenvalue weighted by Crippen LogP contribution is 2.39. The first-order chi connectivity index (χ1) is 12.7. The van der Waals surface area contributed by atoms with E-state index in [0.717, 1.165) is 5.56 Å². The van der Waals surface area contributed by atoms with Crippen molar-refractivity contribution in [2.45, 2.75) is 12.5 Å². The van der Waals surface area contributed by atoms with E-state index in [2.05, 4.69) is 20.3 Å². The number of pyridine rings is 1. The van der Waals surface area contributed by atoms with Gasteiger partial charge in [0.25, 0.3) is 5.91 Å². The number of hydrogen-bond acceptors (Lipinski definition) is 5. The fourth-order valence-corrected chi connectivity index (χ4v) is 2.96. The van der Waals surface area contributed by atoms with Gasteiger partial charge in [0.15, 0.2) is 0 Å². The first kappa shape index (κ1) is 16.1. The summed E-state index contributed by atoms with van der Waals surface area (Å²) in [5, 5.41) is 2.80. The van der Waals surface area contributed by atoms with Gasteiger partial charge in [-0.05, 0) is 24.3 Å². The van der Waals surface area contributed by atoms with E-state index in [1.807, 2.05) is 0 Å². The Morgan fingerprint density at radius 3 is 2.88 bits per heavy atom. The average Bonchev–Trinajstić information content (AvgIpc) is 3.09. The second-order valence-electron chi connectivity index (χ2n) is 5.94. The number of benzene rings is 1. The molecule has 130 valence electrons. The van der Waals surface area contributed by atoms with Crippen LogP contribution in [-0.2, 0) is 6.42 Å². The van der Waals surface area contributed by atoms with Gasteiger partial charge in [0.2, 0.25) is 0 Å². The molecule has 0 saturated carbocycles. The number of ether oxygens (including phenoxy) is 1. The van der Waals surface area contributed by atoms with Crippen LogP contribution in [-0.4, -0.2) is 33.5 Å². The van der Waals surface area contributed by atoms with Crippen molar-refractivity contribution >= 4 is 5.91 Å². The van der Waals surface area contributed by atoms with Gasteiger partial charge >= 0.3 is 0 Å². The van der Waals surface area contributed by atoms with E-state index in [1.54, 1.807) is 36.8 Å². The molecule has 1 aliphatic rings. The average molecular weight is 350 g/mol. The Bertz CT molecular complexity index is 935. The minimum Gasteiger partial charge on any atom is -0.487 e. The quantitative estimate of drug-likeness (QED) is 0.782. The van der Waals surface area contributed by atoms with Crippen LogP contribution in [0.15, 0.2) is 55.2 Å². The van der Waals surface area contributed by atoms with E-state index < -0.39 is 0 Å². The molecule has 26 heavy (non-hydrogen) atoms. The van der Waals surface area contributed by atoms with E-state index in [-0.39, 0.29) is 17.8 Å². The fourth-order valence-electron chi connectivity index (χ4n) is 2.96. The van der Waals surface area contributed by atoms with Crippen LogP contribution in [0.2, 0.25) is 0 Å². The van der Waals surface area contributed by atoms with Crippen molar-refractivity contribution in [1.29, 1.82) is 0 Å². The van der Waals surface area contributed by atoms with Gasteiger partial charge in [-0.3, -0.25) is 9.78 Å². The zero-order valence-electron chi connectivity index (χ0n) is 13.7. The van der Waals surface area contributed by atoms with E-state index in [1.165, 1.54) is 18.5 Å². The van der Waals surface area contributed by atoms with Crippen LogP contribution in [0.4, 0.5) is 4.39 Å². The lowest BCUT2D eigenvalue weighted by Gasteiger charge is -2.13. The van der Waals surface area contributed by atoms with Crippen molar-refractivity contribution in [2.75, 3.05) is 6.54 Å². The third-order valence-electron chi connectivity index (χ3n) is 4.12. The molecule has 1 aromatic carbocycles. The summed E-state index contributed by atoms with van der Waals surface area (Å²) in [7, 11) is 0. The lowest BCUT2D eigenvalue weighted by molar-refractivity contribution is 0.0928. The van der Waals surface area contributed by atoms with Gasteiger partial charge in [0, 0.05) is 41.7 Å². The molecule has 1 aliphatic heterocycles. The number of aromatic nitrogens is 3. The van der Waals surface area contributed by atoms with Crippen LogP contribution in [0.1, 0.15) is 16.1 Å². The SMILES string of the molecule is O=C(NCC1Cc2cc(F)cc(-c3cncnc3)c2O1)c1ccccn1. The van der Waals surface area contributed by atoms with Crippen LogP contribution >= 0.6 is 0 Å². The molecule has 1 N–H and O–H groups in total. The molecule has 0 spiro atoms. The lowest BCUT2D eigenvalue weighted by atomic mass is 10.0. The first-order valence-electron chi connectivity index (χ1n) is 8.14. The van der Waals surface area contributed by atoms with Gasteiger partial charge in [0.05, 0.1) is 6.54 Å². The molecule has 3 aromatic rings. The normalized spacial score (nSPS) is 15.2. The zero-order chi connectivity index (χ0) is 17.9. The maximum Gasteiger partial charge on any atom is 0.270 e. The minimum absolute atomic E-state index is 0.270. The van der Waals surface area contributed by atoms with Crippen molar-refractivity contribution in [1.82, 2.24) is 20.3 Å². The largest absolute Gasteiger partial charge is 0.487 e. The number of amides is 1. The molecule has 0 aliphatic carbocycles. The van der Waals surface area contributed by atoms with Gasteiger partial charge in [-0.1, -0.05) is 6.07 Å². The third kappa shape index (κ3) is 3.23. The number of nitrogens with one attached hydrogen (secondary N) is 1. The van der Waals surface area contributed by atoms with E-state index in [4.69, 9.17) is 4.74 Å². The lowest BCUT2D eigenvalue weighted by Crippen LogP contribution is -2.34. The van der Waals surface area contributed by atoms with Crippen LogP contribution < -0.4 is 10.1 Å². The number of halogens is 1. The van der Waals surface area contributed by atoms with Crippen molar-refractivity contribution in [3.63, 3.8) is 0 Å². The Hall–Kier alpha value is -3.35. The minimum atomic E-state index is -0.343. The summed E-state index contributed by atoms with van der Waals surface area (Å²) in [6.07, 6.45) is 6.44. The fraction of sp³-hybridized carbons (Fsp3) is 0.158. The first-order valence-corrected chi connectivity index (χ1v) is 8.14. The van der Waals surface area contributed by atoms with Crippen molar-refractivity contribution < 1.29 is 13.9 Å². The number of carbonyl (C=O) groups is 1. The molecule has 3 heterocycles. The Balaban J connectivity index is 1.50. The molecule has 0 saturated heterocycles. The molecule has 1 atom stereocenters. The van der Waals surface area contributed by atoms with Gasteiger partial charge in [0.1, 0.15) is 29.7 Å². The summed E-state index contributed by atoms with van der Waals surface area (Å²) in [6.45, 7) is 0.302. The van der Waals surface area contributed by atoms with Crippen LogP contribution in [0.5, 0.6) is 5.75 Å². The van der Waals surface area contributed by atoms with Gasteiger partial charge in [-0.15, -0.1) is 0 Å². The smallest absolute Gasteiger partial charge is 0.270 e. The number of hydrogen-bond donors (Lipinski definition) is 1. The third-order valence-corrected chi connectivity index (χ3v) is 4.12. The number of rotatable bonds is 4. The van der Waals surface area contributed by atoms with Crippen molar-refractivity contribution in [3.05, 3.63) is 72.3 Å². The molecule has 0 bridgehead atoms. The van der Waals surface area contributed by atoms with Gasteiger partial charge < -0.3 is 10.1 Å². The van der Waals surface area contributed by atoms with Crippen molar-refractivity contribution in [2.24, 2.45) is 0 Å². The highest BCUT2D eigenvalue weighted by molar-refractivity contribution is 5.92. The summed E-state index contributed by atoms with van der Waals surface area (Å²) in [6, 6.07) is 8.01. The summed E-state index contributed by atoms with van der Waals surface area (Å²) < 4.78 is 20.0. The van der Waals surface area contributed by atoms with E-state index in [9.17, 15) is 9.18 Å². The molecular formula is C19H15FN4O2. The molecule has 0 radical (unpaired) electrons. The topological polar surface area (TPSA) is 77.0 Å². The summed E-state index contributed by atoms with van der Waals surface area (Å²) in [5.74, 6) is -0.00400. The Morgan fingerprint density at radius 2 is 2.12 bits per heavy atom. The maximum atomic E-state index is 14.0. The Morgan fingerprint density at radius 1 is 1.27 bits per heavy atom. The number of fused-ring (bicyclic) bond motifs is 1. The monoisotopic (exact) mass is 350 g/mol. The molecule has 1 unspecified atom stereocenters. The van der Waals surface area contributed by atoms with Crippen LogP contribution in [0.25, 0.3) is 11.1 Å². The summed E-state index contributed by atoms with van der Waals surface area (Å²) in [4.78, 5) is 24.1. The van der Waals surface area contributed by atoms with Crippen molar-refractivity contribution in [3.8, 4) is 16.9 Å². The molecule has 7 heteroatoms. The number of nitrogens with zero attached hydrogens (tertiary/aromatic N) is 3. The molecule has 6 nitrogen and oxygen atoms in total. The summed E-state index contributed by atoms with van der Waals surface area (Å²) >= 11 is 0. The highest BCUT2D eigenvalue weighted by atomic mass is 19.1. The van der Waals surface area contributed by atoms with E-state index in [0.29, 0.717) is 35.5 Å². The predicted octanol–water partition coefficient (Wildman–Crippen LogP) is 2.41. The maximum absolute atomic E-state index is 14.0. The highest BCUT2D eigenvalue weighted by Gasteiger charge is 2.27. The molecule has 2 aromatic heterocycles. The second kappa shape index (κ2) is 6.87. The van der Waals surface area contributed by atoms with Crippen LogP contribution in [0, 0.1) is 5.82 Å². The van der Waals surface area contributed by atoms with E-state index >= 15 is 0 Å². The zero-order valence-corrected chi connectivity index (χ0v) is 13.7. The Kier molecular flexibility index (Phi) is 4.27. The summed E-state index contributed by atoms with van der Waals surface area (Å²) in [5.41, 5.74) is 2.40. The molecule has 0 fully saturated rings. The second-order valence-corrected chi connectivity index (χ2v) is 5.94. The molecule has 4 rings (SSSR count). The van der Waals surface area contributed by atoms with Crippen LogP contribution in [0.3, 0.4) is 0 Å². The van der Waals surface area contributed by atoms with Gasteiger partial charge in [-0.25, -0.2) is 14.4 Å². The Labute approximate surface area is 149 Å².